The van der Waals surface area contributed by atoms with Crippen molar-refractivity contribution in [3.63, 3.8) is 0 Å². The molecule has 0 amide bonds. The summed E-state index contributed by atoms with van der Waals surface area (Å²) in [6.07, 6.45) is 7.70. The average molecular weight is 425 g/mol. The number of likely N-dealkylation sites (tertiary alicyclic amines) is 1. The highest BCUT2D eigenvalue weighted by Gasteiger charge is 2.25. The number of benzene rings is 1. The van der Waals surface area contributed by atoms with Crippen LogP contribution in [-0.2, 0) is 11.3 Å². The summed E-state index contributed by atoms with van der Waals surface area (Å²) in [6.45, 7) is 5.67. The van der Waals surface area contributed by atoms with Crippen molar-refractivity contribution in [2.24, 2.45) is 0 Å². The van der Waals surface area contributed by atoms with Crippen molar-refractivity contribution in [2.45, 2.75) is 50.8 Å². The van der Waals surface area contributed by atoms with Crippen molar-refractivity contribution in [2.75, 3.05) is 26.2 Å². The minimum Gasteiger partial charge on any atom is -0.495 e. The van der Waals surface area contributed by atoms with Crippen LogP contribution in [0.5, 0.6) is 0 Å². The van der Waals surface area contributed by atoms with Gasteiger partial charge >= 0.3 is 0 Å². The molecule has 2 N–H and O–H groups in total. The van der Waals surface area contributed by atoms with E-state index in [-0.39, 0.29) is 6.61 Å². The van der Waals surface area contributed by atoms with E-state index in [1.807, 2.05) is 31.2 Å². The van der Waals surface area contributed by atoms with E-state index in [9.17, 15) is 5.11 Å². The summed E-state index contributed by atoms with van der Waals surface area (Å²) in [4.78, 5) is 2.47. The van der Waals surface area contributed by atoms with Crippen LogP contribution in [0.4, 0.5) is 0 Å². The molecule has 1 aromatic rings. The minimum atomic E-state index is -0.908. The second-order valence-corrected chi connectivity index (χ2v) is 8.95. The van der Waals surface area contributed by atoms with E-state index >= 15 is 0 Å². The van der Waals surface area contributed by atoms with Crippen LogP contribution < -0.4 is 5.32 Å². The third kappa shape index (κ3) is 7.09. The minimum absolute atomic E-state index is 0.269. The third-order valence-electron chi connectivity index (χ3n) is 5.28. The zero-order valence-electron chi connectivity index (χ0n) is 16.5. The first-order valence-corrected chi connectivity index (χ1v) is 10.8. The molecule has 1 saturated heterocycles. The highest BCUT2D eigenvalue weighted by Crippen LogP contribution is 2.22. The number of rotatable bonds is 8. The maximum absolute atomic E-state index is 10.6. The molecule has 1 fully saturated rings. The lowest BCUT2D eigenvalue weighted by molar-refractivity contribution is -0.0156. The van der Waals surface area contributed by atoms with Gasteiger partial charge in [0.05, 0.1) is 5.76 Å². The van der Waals surface area contributed by atoms with Crippen LogP contribution in [0.25, 0.3) is 0 Å². The first kappa shape index (κ1) is 21.7. The van der Waals surface area contributed by atoms with Gasteiger partial charge < -0.3 is 15.2 Å². The van der Waals surface area contributed by atoms with Crippen LogP contribution in [0.3, 0.4) is 0 Å². The molecule has 28 heavy (non-hydrogen) atoms. The molecule has 1 aliphatic heterocycles. The van der Waals surface area contributed by atoms with Crippen molar-refractivity contribution < 1.29 is 9.84 Å². The molecule has 0 saturated carbocycles. The van der Waals surface area contributed by atoms with Gasteiger partial charge in [-0.2, -0.15) is 0 Å². The smallest absolute Gasteiger partial charge is 0.117 e. The van der Waals surface area contributed by atoms with Gasteiger partial charge in [-0.25, -0.2) is 0 Å². The number of halogens is 2. The largest absolute Gasteiger partial charge is 0.495 e. The Morgan fingerprint density at radius 3 is 2.61 bits per heavy atom. The summed E-state index contributed by atoms with van der Waals surface area (Å²) in [6, 6.07) is 8.51. The van der Waals surface area contributed by atoms with Crippen molar-refractivity contribution in [1.82, 2.24) is 10.2 Å². The fraction of sp³-hybridized carbons (Fsp3) is 0.545. The van der Waals surface area contributed by atoms with E-state index in [1.54, 1.807) is 0 Å². The van der Waals surface area contributed by atoms with E-state index in [1.165, 1.54) is 5.56 Å². The van der Waals surface area contributed by atoms with Gasteiger partial charge in [-0.3, -0.25) is 4.90 Å². The van der Waals surface area contributed by atoms with Gasteiger partial charge in [0.2, 0.25) is 0 Å². The summed E-state index contributed by atoms with van der Waals surface area (Å²) in [7, 11) is 0. The molecule has 6 heteroatoms. The average Bonchev–Trinajstić information content (AvgIpc) is 2.68. The zero-order valence-corrected chi connectivity index (χ0v) is 18.0. The highest BCUT2D eigenvalue weighted by molar-refractivity contribution is 6.31. The normalized spacial score (nSPS) is 21.0. The monoisotopic (exact) mass is 424 g/mol. The predicted octanol–water partition coefficient (Wildman–Crippen LogP) is 4.46. The molecule has 0 unspecified atom stereocenters. The highest BCUT2D eigenvalue weighted by atomic mass is 35.5. The second-order valence-electron chi connectivity index (χ2n) is 8.08. The zero-order chi connectivity index (χ0) is 20.0. The lowest BCUT2D eigenvalue weighted by Crippen LogP contribution is -2.49. The molecule has 1 aromatic carbocycles. The van der Waals surface area contributed by atoms with Crippen molar-refractivity contribution in [1.29, 1.82) is 0 Å². The first-order valence-electron chi connectivity index (χ1n) is 10.0. The Hall–Kier alpha value is -1.04. The fourth-order valence-electron chi connectivity index (χ4n) is 3.56. The number of piperidine rings is 1. The van der Waals surface area contributed by atoms with Gasteiger partial charge in [-0.15, -0.1) is 0 Å². The van der Waals surface area contributed by atoms with Gasteiger partial charge in [0.25, 0.3) is 0 Å². The van der Waals surface area contributed by atoms with Crippen LogP contribution in [0.15, 0.2) is 47.2 Å². The fourth-order valence-corrected chi connectivity index (χ4v) is 3.91. The number of aliphatic hydroxyl groups is 1. The van der Waals surface area contributed by atoms with Crippen LogP contribution in [-0.4, -0.2) is 47.9 Å². The van der Waals surface area contributed by atoms with Crippen molar-refractivity contribution >= 4 is 23.2 Å². The Morgan fingerprint density at radius 2 is 1.93 bits per heavy atom. The number of nitrogens with one attached hydrogen (secondary N) is 1. The SMILES string of the molecule is C[C@](O)(CNC1CCN(Cc2ccc(Cl)cc2)CC1)COC1=CC(Cl)=CCC1. The molecule has 0 radical (unpaired) electrons. The number of ether oxygens (including phenoxy) is 1. The van der Waals surface area contributed by atoms with Gasteiger partial charge in [0, 0.05) is 35.6 Å². The lowest BCUT2D eigenvalue weighted by atomic mass is 10.0. The Balaban J connectivity index is 1.36. The second kappa shape index (κ2) is 10.1. The van der Waals surface area contributed by atoms with Gasteiger partial charge in [-0.1, -0.05) is 41.4 Å². The summed E-state index contributed by atoms with van der Waals surface area (Å²) >= 11 is 12.0. The molecular weight excluding hydrogens is 395 g/mol. The molecule has 4 nitrogen and oxygen atoms in total. The van der Waals surface area contributed by atoms with E-state index < -0.39 is 5.60 Å². The maximum Gasteiger partial charge on any atom is 0.117 e. The molecule has 154 valence electrons. The molecule has 0 spiro atoms. The number of hydrogen-bond donors (Lipinski definition) is 2. The Labute approximate surface area is 178 Å². The number of nitrogens with zero attached hydrogens (tertiary/aromatic N) is 1. The Morgan fingerprint density at radius 1 is 1.21 bits per heavy atom. The summed E-state index contributed by atoms with van der Waals surface area (Å²) in [5, 5.41) is 15.6. The van der Waals surface area contributed by atoms with E-state index in [0.717, 1.165) is 56.1 Å². The van der Waals surface area contributed by atoms with Crippen LogP contribution in [0.2, 0.25) is 5.02 Å². The molecule has 0 aromatic heterocycles. The summed E-state index contributed by atoms with van der Waals surface area (Å²) < 4.78 is 5.78. The molecular formula is C22H30Cl2N2O2. The van der Waals surface area contributed by atoms with Crippen LogP contribution >= 0.6 is 23.2 Å². The van der Waals surface area contributed by atoms with Crippen molar-refractivity contribution in [3.05, 3.63) is 57.8 Å². The quantitative estimate of drug-likeness (QED) is 0.646. The summed E-state index contributed by atoms with van der Waals surface area (Å²) in [5.74, 6) is 0.850. The van der Waals surface area contributed by atoms with Gasteiger partial charge in [-0.05, 0) is 63.0 Å². The van der Waals surface area contributed by atoms with Crippen LogP contribution in [0, 0.1) is 0 Å². The van der Waals surface area contributed by atoms with Crippen LogP contribution in [0.1, 0.15) is 38.2 Å². The van der Waals surface area contributed by atoms with Gasteiger partial charge in [0.1, 0.15) is 12.2 Å². The molecule has 2 aliphatic rings. The third-order valence-corrected chi connectivity index (χ3v) is 5.79. The van der Waals surface area contributed by atoms with Crippen molar-refractivity contribution in [3.8, 4) is 0 Å². The lowest BCUT2D eigenvalue weighted by Gasteiger charge is -2.34. The maximum atomic E-state index is 10.6. The molecule has 1 atom stereocenters. The molecule has 3 rings (SSSR count). The molecule has 1 heterocycles. The summed E-state index contributed by atoms with van der Waals surface area (Å²) in [5.41, 5.74) is 0.386. The Bertz CT molecular complexity index is 693. The number of allylic oxidation sites excluding steroid dienone is 4. The Kier molecular flexibility index (Phi) is 7.84. The standard InChI is InChI=1S/C22H30Cl2N2O2/c1-22(27,16-28-21-4-2-3-19(24)13-21)15-25-20-9-11-26(12-10-20)14-17-5-7-18(23)8-6-17/h3,5-8,13,20,25,27H,2,4,9-12,14-16H2,1H3/t22-/m0/s1. The first-order chi connectivity index (χ1) is 13.4. The van der Waals surface area contributed by atoms with E-state index in [4.69, 9.17) is 27.9 Å². The van der Waals surface area contributed by atoms with E-state index in [2.05, 4.69) is 22.3 Å². The topological polar surface area (TPSA) is 44.7 Å². The predicted molar refractivity (Wildman–Crippen MR) is 116 cm³/mol. The molecule has 1 aliphatic carbocycles. The van der Waals surface area contributed by atoms with Gasteiger partial charge in [0.15, 0.2) is 0 Å². The number of hydrogen-bond acceptors (Lipinski definition) is 4. The van der Waals surface area contributed by atoms with E-state index in [0.29, 0.717) is 17.6 Å². The molecule has 0 bridgehead atoms.